The van der Waals surface area contributed by atoms with Crippen LogP contribution in [0.5, 0.6) is 0 Å². The van der Waals surface area contributed by atoms with Crippen LogP contribution in [0.1, 0.15) is 23.1 Å². The van der Waals surface area contributed by atoms with Crippen LogP contribution >= 0.6 is 0 Å². The van der Waals surface area contributed by atoms with Crippen molar-refractivity contribution in [3.63, 3.8) is 0 Å². The Kier molecular flexibility index (Phi) is 4.53. The van der Waals surface area contributed by atoms with E-state index in [0.29, 0.717) is 11.1 Å². The van der Waals surface area contributed by atoms with Crippen LogP contribution in [0.2, 0.25) is 0 Å². The summed E-state index contributed by atoms with van der Waals surface area (Å²) in [5.41, 5.74) is 0.475. The van der Waals surface area contributed by atoms with Crippen LogP contribution in [0.3, 0.4) is 0 Å². The van der Waals surface area contributed by atoms with E-state index in [1.807, 2.05) is 0 Å². The molecule has 18 heavy (non-hydrogen) atoms. The van der Waals surface area contributed by atoms with E-state index >= 15 is 0 Å². The van der Waals surface area contributed by atoms with Crippen molar-refractivity contribution in [2.75, 3.05) is 7.11 Å². The number of carbonyl (C=O) groups is 1. The molecule has 0 heterocycles. The summed E-state index contributed by atoms with van der Waals surface area (Å²) in [6, 6.07) is 3.48. The minimum Gasteiger partial charge on any atom is -0.469 e. The van der Waals surface area contributed by atoms with E-state index in [4.69, 9.17) is 0 Å². The summed E-state index contributed by atoms with van der Waals surface area (Å²) in [5.74, 6) is -0.393. The number of methoxy groups -OCH3 is 1. The van der Waals surface area contributed by atoms with Crippen molar-refractivity contribution in [2.45, 2.75) is 19.5 Å². The van der Waals surface area contributed by atoms with Gasteiger partial charge < -0.3 is 4.74 Å². The first-order valence-corrected chi connectivity index (χ1v) is 5.26. The molecule has 0 aromatic heterocycles. The summed E-state index contributed by atoms with van der Waals surface area (Å²) < 4.78 is 41.7. The topological polar surface area (TPSA) is 26.3 Å². The largest absolute Gasteiger partial charge is 0.469 e. The van der Waals surface area contributed by atoms with Gasteiger partial charge in [-0.05, 0) is 30.2 Å². The lowest BCUT2D eigenvalue weighted by atomic mass is 10.0. The van der Waals surface area contributed by atoms with Gasteiger partial charge in [0.15, 0.2) is 0 Å². The van der Waals surface area contributed by atoms with E-state index in [2.05, 4.69) is 4.74 Å². The first-order chi connectivity index (χ1) is 8.34. The molecular weight excluding hydrogens is 245 g/mol. The molecule has 1 rings (SSSR count). The molecule has 2 nitrogen and oxygen atoms in total. The summed E-state index contributed by atoms with van der Waals surface area (Å²) in [5, 5.41) is 0. The number of carbonyl (C=O) groups excluding carboxylic acids is 1. The average Bonchev–Trinajstić information content (AvgIpc) is 2.29. The molecule has 0 saturated heterocycles. The Morgan fingerprint density at radius 2 is 2.06 bits per heavy atom. The fraction of sp³-hybridized carbons (Fsp3) is 0.308. The second kappa shape index (κ2) is 5.71. The van der Waals surface area contributed by atoms with Gasteiger partial charge in [-0.25, -0.2) is 0 Å². The SMILES string of the molecule is COC(=O)CC=Cc1ccc(C(F)(F)F)cc1C. The van der Waals surface area contributed by atoms with Gasteiger partial charge in [0.1, 0.15) is 0 Å². The first-order valence-electron chi connectivity index (χ1n) is 5.26. The molecule has 0 aliphatic heterocycles. The minimum atomic E-state index is -4.33. The van der Waals surface area contributed by atoms with Crippen LogP contribution in [0.15, 0.2) is 24.3 Å². The zero-order valence-electron chi connectivity index (χ0n) is 10.0. The highest BCUT2D eigenvalue weighted by Gasteiger charge is 2.30. The van der Waals surface area contributed by atoms with Gasteiger partial charge in [-0.15, -0.1) is 0 Å². The van der Waals surface area contributed by atoms with Gasteiger partial charge in [0.2, 0.25) is 0 Å². The molecule has 0 saturated carbocycles. The van der Waals surface area contributed by atoms with E-state index in [9.17, 15) is 18.0 Å². The molecule has 1 aromatic rings. The van der Waals surface area contributed by atoms with Crippen molar-refractivity contribution in [1.29, 1.82) is 0 Å². The Morgan fingerprint density at radius 3 is 2.56 bits per heavy atom. The molecule has 0 fully saturated rings. The highest BCUT2D eigenvalue weighted by molar-refractivity contribution is 5.72. The number of benzene rings is 1. The highest BCUT2D eigenvalue weighted by Crippen LogP contribution is 2.30. The van der Waals surface area contributed by atoms with E-state index < -0.39 is 17.7 Å². The smallest absolute Gasteiger partial charge is 0.416 e. The number of ether oxygens (including phenoxy) is 1. The number of hydrogen-bond acceptors (Lipinski definition) is 2. The van der Waals surface area contributed by atoms with E-state index in [1.54, 1.807) is 19.1 Å². The lowest BCUT2D eigenvalue weighted by Gasteiger charge is -2.08. The maximum Gasteiger partial charge on any atom is 0.416 e. The Balaban J connectivity index is 2.84. The summed E-state index contributed by atoms with van der Waals surface area (Å²) in [6.07, 6.45) is -1.08. The molecule has 0 aliphatic rings. The quantitative estimate of drug-likeness (QED) is 0.774. The Labute approximate surface area is 103 Å². The van der Waals surface area contributed by atoms with E-state index in [-0.39, 0.29) is 6.42 Å². The summed E-state index contributed by atoms with van der Waals surface area (Å²) in [4.78, 5) is 10.9. The van der Waals surface area contributed by atoms with E-state index in [0.717, 1.165) is 12.1 Å². The van der Waals surface area contributed by atoms with Crippen LogP contribution in [-0.2, 0) is 15.7 Å². The standard InChI is InChI=1S/C13H13F3O2/c1-9-8-11(13(14,15)16)7-6-10(9)4-3-5-12(17)18-2/h3-4,6-8H,5H2,1-2H3. The third kappa shape index (κ3) is 3.91. The fourth-order valence-electron chi connectivity index (χ4n) is 1.40. The zero-order valence-corrected chi connectivity index (χ0v) is 10.0. The van der Waals surface area contributed by atoms with Crippen LogP contribution in [0, 0.1) is 6.92 Å². The molecule has 0 N–H and O–H groups in total. The van der Waals surface area contributed by atoms with Gasteiger partial charge >= 0.3 is 12.1 Å². The minimum absolute atomic E-state index is 0.0942. The molecule has 0 spiro atoms. The van der Waals surface area contributed by atoms with Crippen LogP contribution in [0.4, 0.5) is 13.2 Å². The molecule has 0 amide bonds. The zero-order chi connectivity index (χ0) is 13.8. The van der Waals surface area contributed by atoms with Crippen LogP contribution in [0.25, 0.3) is 6.08 Å². The van der Waals surface area contributed by atoms with Crippen molar-refractivity contribution >= 4 is 12.0 Å². The molecule has 0 atom stereocenters. The lowest BCUT2D eigenvalue weighted by Crippen LogP contribution is -2.05. The molecule has 0 bridgehead atoms. The molecule has 5 heteroatoms. The van der Waals surface area contributed by atoms with Crippen molar-refractivity contribution in [3.8, 4) is 0 Å². The van der Waals surface area contributed by atoms with Gasteiger partial charge in [-0.1, -0.05) is 18.2 Å². The van der Waals surface area contributed by atoms with Crippen LogP contribution < -0.4 is 0 Å². The highest BCUT2D eigenvalue weighted by atomic mass is 19.4. The second-order valence-corrected chi connectivity index (χ2v) is 3.75. The molecule has 0 radical (unpaired) electrons. The van der Waals surface area contributed by atoms with Crippen molar-refractivity contribution in [1.82, 2.24) is 0 Å². The van der Waals surface area contributed by atoms with E-state index in [1.165, 1.54) is 13.2 Å². The monoisotopic (exact) mass is 258 g/mol. The Morgan fingerprint density at radius 1 is 1.39 bits per heavy atom. The van der Waals surface area contributed by atoms with Crippen molar-refractivity contribution in [3.05, 3.63) is 41.0 Å². The van der Waals surface area contributed by atoms with Crippen molar-refractivity contribution in [2.24, 2.45) is 0 Å². The van der Waals surface area contributed by atoms with Crippen LogP contribution in [-0.4, -0.2) is 13.1 Å². The normalized spacial score (nSPS) is 11.8. The molecule has 98 valence electrons. The molecule has 0 unspecified atom stereocenters. The molecule has 0 aliphatic carbocycles. The lowest BCUT2D eigenvalue weighted by molar-refractivity contribution is -0.139. The Hall–Kier alpha value is -1.78. The molecular formula is C13H13F3O2. The van der Waals surface area contributed by atoms with Gasteiger partial charge in [0.05, 0.1) is 19.1 Å². The maximum atomic E-state index is 12.4. The number of alkyl halides is 3. The number of hydrogen-bond donors (Lipinski definition) is 0. The maximum absolute atomic E-state index is 12.4. The predicted octanol–water partition coefficient (Wildman–Crippen LogP) is 3.59. The van der Waals surface area contributed by atoms with Gasteiger partial charge in [-0.3, -0.25) is 4.79 Å². The van der Waals surface area contributed by atoms with Gasteiger partial charge in [0.25, 0.3) is 0 Å². The second-order valence-electron chi connectivity index (χ2n) is 3.75. The first kappa shape index (κ1) is 14.3. The van der Waals surface area contributed by atoms with Gasteiger partial charge in [0, 0.05) is 0 Å². The summed E-state index contributed by atoms with van der Waals surface area (Å²) in [6.45, 7) is 1.59. The summed E-state index contributed by atoms with van der Waals surface area (Å²) in [7, 11) is 1.28. The fourth-order valence-corrected chi connectivity index (χ4v) is 1.40. The number of halogens is 3. The molecule has 1 aromatic carbocycles. The number of esters is 1. The third-order valence-corrected chi connectivity index (χ3v) is 2.41. The van der Waals surface area contributed by atoms with Crippen molar-refractivity contribution < 1.29 is 22.7 Å². The third-order valence-electron chi connectivity index (χ3n) is 2.41. The Bertz CT molecular complexity index is 462. The van der Waals surface area contributed by atoms with Gasteiger partial charge in [-0.2, -0.15) is 13.2 Å². The predicted molar refractivity (Wildman–Crippen MR) is 61.8 cm³/mol. The average molecular weight is 258 g/mol. The summed E-state index contributed by atoms with van der Waals surface area (Å²) >= 11 is 0. The number of aryl methyl sites for hydroxylation is 1. The number of rotatable bonds is 3.